The fourth-order valence-corrected chi connectivity index (χ4v) is 4.07. The molecule has 0 bridgehead atoms. The van der Waals surface area contributed by atoms with Crippen molar-refractivity contribution in [1.29, 1.82) is 0 Å². The molecule has 0 unspecified atom stereocenters. The molecule has 1 saturated carbocycles. The van der Waals surface area contributed by atoms with Crippen molar-refractivity contribution in [3.8, 4) is 11.5 Å². The van der Waals surface area contributed by atoms with E-state index in [2.05, 4.69) is 12.2 Å². The Morgan fingerprint density at radius 1 is 1.19 bits per heavy atom. The van der Waals surface area contributed by atoms with Gasteiger partial charge in [0.1, 0.15) is 11.4 Å². The lowest BCUT2D eigenvalue weighted by atomic mass is 9.77. The second-order valence-corrected chi connectivity index (χ2v) is 8.66. The molecule has 1 amide bonds. The molecule has 32 heavy (non-hydrogen) atoms. The number of aliphatic carboxylic acids is 1. The Morgan fingerprint density at radius 3 is 2.56 bits per heavy atom. The molecule has 0 aliphatic heterocycles. The van der Waals surface area contributed by atoms with Crippen LogP contribution in [0.4, 0.5) is 4.39 Å². The number of carboxylic acids is 1. The van der Waals surface area contributed by atoms with Crippen LogP contribution in [0.5, 0.6) is 11.5 Å². The number of hydrogen-bond donors (Lipinski definition) is 2. The van der Waals surface area contributed by atoms with Crippen LogP contribution in [0.15, 0.2) is 36.4 Å². The van der Waals surface area contributed by atoms with Crippen molar-refractivity contribution in [2.24, 2.45) is 5.92 Å². The SMILES string of the molecule is COc1ccc(C(=O)N[C@]2(C(=O)O)CC[C@@H](C)CC2)cc1OCCc1cc(Cl)ccc1F. The average molecular weight is 464 g/mol. The lowest BCUT2D eigenvalue weighted by Crippen LogP contribution is -2.56. The van der Waals surface area contributed by atoms with Crippen LogP contribution >= 0.6 is 11.6 Å². The van der Waals surface area contributed by atoms with Gasteiger partial charge in [-0.1, -0.05) is 18.5 Å². The van der Waals surface area contributed by atoms with E-state index < -0.39 is 17.4 Å². The molecule has 0 saturated heterocycles. The molecule has 2 N–H and O–H groups in total. The van der Waals surface area contributed by atoms with Crippen molar-refractivity contribution in [3.05, 3.63) is 58.4 Å². The topological polar surface area (TPSA) is 84.9 Å². The largest absolute Gasteiger partial charge is 0.493 e. The summed E-state index contributed by atoms with van der Waals surface area (Å²) < 4.78 is 25.0. The predicted octanol–water partition coefficient (Wildman–Crippen LogP) is 4.87. The zero-order chi connectivity index (χ0) is 23.3. The van der Waals surface area contributed by atoms with Gasteiger partial charge in [-0.3, -0.25) is 4.79 Å². The molecule has 1 aliphatic carbocycles. The number of carboxylic acid groups (broad SMARTS) is 1. The van der Waals surface area contributed by atoms with Crippen LogP contribution in [-0.2, 0) is 11.2 Å². The van der Waals surface area contributed by atoms with E-state index >= 15 is 0 Å². The van der Waals surface area contributed by atoms with Crippen LogP contribution in [-0.4, -0.2) is 36.2 Å². The summed E-state index contributed by atoms with van der Waals surface area (Å²) in [5.41, 5.74) is -0.594. The predicted molar refractivity (Wildman–Crippen MR) is 119 cm³/mol. The van der Waals surface area contributed by atoms with Gasteiger partial charge < -0.3 is 19.9 Å². The third-order valence-electron chi connectivity index (χ3n) is 5.95. The van der Waals surface area contributed by atoms with Gasteiger partial charge in [0.25, 0.3) is 5.91 Å². The van der Waals surface area contributed by atoms with Gasteiger partial charge in [-0.25, -0.2) is 9.18 Å². The van der Waals surface area contributed by atoms with Crippen LogP contribution in [0, 0.1) is 11.7 Å². The highest BCUT2D eigenvalue weighted by atomic mass is 35.5. The van der Waals surface area contributed by atoms with Crippen molar-refractivity contribution in [2.75, 3.05) is 13.7 Å². The van der Waals surface area contributed by atoms with Crippen LogP contribution in [0.1, 0.15) is 48.5 Å². The molecule has 2 aromatic carbocycles. The van der Waals surface area contributed by atoms with Crippen LogP contribution in [0.2, 0.25) is 5.02 Å². The first kappa shape index (κ1) is 23.9. The minimum absolute atomic E-state index is 0.135. The zero-order valence-corrected chi connectivity index (χ0v) is 18.9. The van der Waals surface area contributed by atoms with Crippen LogP contribution in [0.25, 0.3) is 0 Å². The molecular weight excluding hydrogens is 437 g/mol. The van der Waals surface area contributed by atoms with Gasteiger partial charge in [0.15, 0.2) is 11.5 Å². The summed E-state index contributed by atoms with van der Waals surface area (Å²) in [5, 5.41) is 12.9. The van der Waals surface area contributed by atoms with E-state index in [4.69, 9.17) is 21.1 Å². The van der Waals surface area contributed by atoms with Crippen molar-refractivity contribution in [2.45, 2.75) is 44.6 Å². The minimum Gasteiger partial charge on any atom is -0.493 e. The maximum absolute atomic E-state index is 13.9. The molecule has 2 aromatic rings. The number of ether oxygens (including phenoxy) is 2. The van der Waals surface area contributed by atoms with Crippen LogP contribution in [0.3, 0.4) is 0 Å². The van der Waals surface area contributed by atoms with Crippen molar-refractivity contribution < 1.29 is 28.6 Å². The summed E-state index contributed by atoms with van der Waals surface area (Å²) >= 11 is 5.92. The molecule has 8 heteroatoms. The van der Waals surface area contributed by atoms with E-state index in [9.17, 15) is 19.1 Å². The summed E-state index contributed by atoms with van der Waals surface area (Å²) in [6.45, 7) is 2.21. The average Bonchev–Trinajstić information content (AvgIpc) is 2.77. The number of hydrogen-bond acceptors (Lipinski definition) is 4. The Kier molecular flexibility index (Phi) is 7.61. The summed E-state index contributed by atoms with van der Waals surface area (Å²) in [4.78, 5) is 24.8. The highest BCUT2D eigenvalue weighted by Crippen LogP contribution is 2.33. The number of rotatable bonds is 8. The molecule has 172 valence electrons. The highest BCUT2D eigenvalue weighted by Gasteiger charge is 2.42. The number of carbonyl (C=O) groups excluding carboxylic acids is 1. The monoisotopic (exact) mass is 463 g/mol. The van der Waals surface area contributed by atoms with Gasteiger partial charge in [0, 0.05) is 17.0 Å². The van der Waals surface area contributed by atoms with Gasteiger partial charge in [0.2, 0.25) is 0 Å². The fraction of sp³-hybridized carbons (Fsp3) is 0.417. The Hall–Kier alpha value is -2.80. The summed E-state index contributed by atoms with van der Waals surface area (Å²) in [7, 11) is 1.47. The Labute approximate surface area is 191 Å². The second-order valence-electron chi connectivity index (χ2n) is 8.22. The summed E-state index contributed by atoms with van der Waals surface area (Å²) in [6, 6.07) is 8.96. The Morgan fingerprint density at radius 2 is 1.91 bits per heavy atom. The molecule has 0 heterocycles. The van der Waals surface area contributed by atoms with Crippen LogP contribution < -0.4 is 14.8 Å². The number of methoxy groups -OCH3 is 1. The maximum atomic E-state index is 13.9. The molecular formula is C24H27ClFNO5. The van der Waals surface area contributed by atoms with E-state index in [0.29, 0.717) is 40.8 Å². The van der Waals surface area contributed by atoms with Gasteiger partial charge in [-0.15, -0.1) is 0 Å². The summed E-state index contributed by atoms with van der Waals surface area (Å²) in [5.74, 6) is -0.734. The smallest absolute Gasteiger partial charge is 0.329 e. The third kappa shape index (κ3) is 5.51. The number of amides is 1. The molecule has 0 aromatic heterocycles. The van der Waals surface area contributed by atoms with E-state index in [1.807, 2.05) is 0 Å². The van der Waals surface area contributed by atoms with Crippen molar-refractivity contribution in [1.82, 2.24) is 5.32 Å². The van der Waals surface area contributed by atoms with Gasteiger partial charge in [-0.2, -0.15) is 0 Å². The minimum atomic E-state index is -1.27. The fourth-order valence-electron chi connectivity index (χ4n) is 3.87. The third-order valence-corrected chi connectivity index (χ3v) is 6.19. The van der Waals surface area contributed by atoms with Gasteiger partial charge >= 0.3 is 5.97 Å². The maximum Gasteiger partial charge on any atom is 0.329 e. The highest BCUT2D eigenvalue weighted by molar-refractivity contribution is 6.30. The van der Waals surface area contributed by atoms with Crippen molar-refractivity contribution in [3.63, 3.8) is 0 Å². The Balaban J connectivity index is 1.72. The van der Waals surface area contributed by atoms with Gasteiger partial charge in [0.05, 0.1) is 13.7 Å². The zero-order valence-electron chi connectivity index (χ0n) is 18.1. The first-order valence-electron chi connectivity index (χ1n) is 10.5. The molecule has 1 aliphatic rings. The Bertz CT molecular complexity index is 988. The molecule has 0 atom stereocenters. The molecule has 3 rings (SSSR count). The standard InChI is InChI=1S/C24H27ClFNO5/c1-15-7-10-24(11-8-15,23(29)30)27-22(28)17-3-6-20(31-2)21(14-17)32-12-9-16-13-18(25)4-5-19(16)26/h3-6,13-15H,7-12H2,1-2H3,(H,27,28)(H,29,30)/t15-,24-. The summed E-state index contributed by atoms with van der Waals surface area (Å²) in [6.07, 6.45) is 2.53. The van der Waals surface area contributed by atoms with E-state index in [-0.39, 0.29) is 24.4 Å². The van der Waals surface area contributed by atoms with Crippen molar-refractivity contribution >= 4 is 23.5 Å². The quantitative estimate of drug-likeness (QED) is 0.583. The molecule has 6 nitrogen and oxygen atoms in total. The first-order valence-corrected chi connectivity index (χ1v) is 10.9. The molecule has 1 fully saturated rings. The van der Waals surface area contributed by atoms with E-state index in [1.165, 1.54) is 31.4 Å². The number of carbonyl (C=O) groups is 2. The van der Waals surface area contributed by atoms with Gasteiger partial charge in [-0.05, 0) is 73.6 Å². The molecule has 0 radical (unpaired) electrons. The number of nitrogens with one attached hydrogen (secondary N) is 1. The second kappa shape index (κ2) is 10.2. The normalized spacial score (nSPS) is 20.4. The molecule has 0 spiro atoms. The van der Waals surface area contributed by atoms with E-state index in [0.717, 1.165) is 12.8 Å². The number of benzene rings is 2. The lowest BCUT2D eigenvalue weighted by Gasteiger charge is -2.36. The lowest BCUT2D eigenvalue weighted by molar-refractivity contribution is -0.146. The number of halogens is 2. The van der Waals surface area contributed by atoms with E-state index in [1.54, 1.807) is 12.1 Å². The first-order chi connectivity index (χ1) is 15.2.